The zero-order valence-electron chi connectivity index (χ0n) is 19.5. The highest BCUT2D eigenvalue weighted by molar-refractivity contribution is 14.0. The molecule has 0 aromatic carbocycles. The largest absolute Gasteiger partial charge is 0.355 e. The standard InChI is InChI=1S/C22H41N5O3.HI/c1-4-27-13-9-10-18(27)14-23-21(25-16-20(28)26(2)3)24-15-19-17-29-22(30-19)11-7-5-6-8-12-22;/h18-19H,4-17H2,1-3H3,(H2,23,24,25);1H. The predicted molar refractivity (Wildman–Crippen MR) is 134 cm³/mol. The molecule has 2 heterocycles. The Hall–Kier alpha value is -0.650. The van der Waals surface area contributed by atoms with Gasteiger partial charge in [0.05, 0.1) is 6.61 Å². The highest BCUT2D eigenvalue weighted by Gasteiger charge is 2.41. The van der Waals surface area contributed by atoms with Crippen molar-refractivity contribution in [3.8, 4) is 0 Å². The van der Waals surface area contributed by atoms with E-state index in [0.717, 1.165) is 32.5 Å². The zero-order chi connectivity index (χ0) is 21.4. The average Bonchev–Trinajstić information content (AvgIpc) is 3.29. The molecule has 2 unspecified atom stereocenters. The molecule has 0 aromatic rings. The van der Waals surface area contributed by atoms with E-state index >= 15 is 0 Å². The van der Waals surface area contributed by atoms with E-state index in [4.69, 9.17) is 9.47 Å². The van der Waals surface area contributed by atoms with Gasteiger partial charge in [-0.3, -0.25) is 9.69 Å². The van der Waals surface area contributed by atoms with E-state index in [1.165, 1.54) is 38.5 Å². The normalized spacial score (nSPS) is 26.4. The number of amides is 1. The lowest BCUT2D eigenvalue weighted by atomic mass is 10.1. The van der Waals surface area contributed by atoms with E-state index in [2.05, 4.69) is 27.4 Å². The number of ether oxygens (including phenoxy) is 2. The van der Waals surface area contributed by atoms with E-state index in [-0.39, 0.29) is 48.3 Å². The van der Waals surface area contributed by atoms with Gasteiger partial charge < -0.3 is 25.0 Å². The van der Waals surface area contributed by atoms with Gasteiger partial charge in [-0.05, 0) is 38.8 Å². The number of nitrogens with one attached hydrogen (secondary N) is 2. The molecule has 3 fully saturated rings. The molecule has 0 aromatic heterocycles. The van der Waals surface area contributed by atoms with Crippen molar-refractivity contribution < 1.29 is 14.3 Å². The molecule has 2 aliphatic heterocycles. The van der Waals surface area contributed by atoms with Crippen LogP contribution in [0.2, 0.25) is 0 Å². The van der Waals surface area contributed by atoms with Crippen LogP contribution in [0.1, 0.15) is 58.3 Å². The summed E-state index contributed by atoms with van der Waals surface area (Å²) >= 11 is 0. The average molecular weight is 552 g/mol. The van der Waals surface area contributed by atoms with Crippen LogP contribution in [0.15, 0.2) is 4.99 Å². The van der Waals surface area contributed by atoms with Crippen LogP contribution in [0.3, 0.4) is 0 Å². The quantitative estimate of drug-likeness (QED) is 0.287. The van der Waals surface area contributed by atoms with Gasteiger partial charge >= 0.3 is 0 Å². The van der Waals surface area contributed by atoms with E-state index < -0.39 is 0 Å². The molecule has 3 rings (SSSR count). The number of hydrogen-bond acceptors (Lipinski definition) is 5. The van der Waals surface area contributed by atoms with Gasteiger partial charge in [0.25, 0.3) is 0 Å². The summed E-state index contributed by atoms with van der Waals surface area (Å²) in [4.78, 5) is 20.6. The Morgan fingerprint density at radius 1 is 1.13 bits per heavy atom. The van der Waals surface area contributed by atoms with Crippen molar-refractivity contribution in [2.24, 2.45) is 4.99 Å². The number of nitrogens with zero attached hydrogens (tertiary/aromatic N) is 3. The number of carbonyl (C=O) groups is 1. The predicted octanol–water partition coefficient (Wildman–Crippen LogP) is 2.18. The van der Waals surface area contributed by atoms with E-state index in [0.29, 0.717) is 25.2 Å². The number of carbonyl (C=O) groups excluding carboxylic acids is 1. The molecule has 9 heteroatoms. The molecule has 8 nitrogen and oxygen atoms in total. The summed E-state index contributed by atoms with van der Waals surface area (Å²) in [5.74, 6) is 0.295. The topological polar surface area (TPSA) is 78.4 Å². The fraction of sp³-hybridized carbons (Fsp3) is 0.909. The lowest BCUT2D eigenvalue weighted by Gasteiger charge is -2.27. The Labute approximate surface area is 204 Å². The Bertz CT molecular complexity index is 581. The molecule has 3 aliphatic rings. The molecule has 1 spiro atoms. The first-order valence-corrected chi connectivity index (χ1v) is 11.8. The first-order valence-electron chi connectivity index (χ1n) is 11.8. The number of rotatable bonds is 7. The van der Waals surface area contributed by atoms with Crippen LogP contribution >= 0.6 is 24.0 Å². The molecule has 31 heavy (non-hydrogen) atoms. The number of likely N-dealkylation sites (N-methyl/N-ethyl adjacent to an activating group) is 2. The molecule has 1 aliphatic carbocycles. The first kappa shape index (κ1) is 26.6. The van der Waals surface area contributed by atoms with Crippen LogP contribution in [0, 0.1) is 0 Å². The number of hydrogen-bond donors (Lipinski definition) is 2. The van der Waals surface area contributed by atoms with E-state index in [9.17, 15) is 4.79 Å². The Morgan fingerprint density at radius 3 is 2.52 bits per heavy atom. The Morgan fingerprint density at radius 2 is 1.84 bits per heavy atom. The number of aliphatic imine (C=N–C) groups is 1. The maximum atomic E-state index is 12.0. The van der Waals surface area contributed by atoms with Gasteiger partial charge in [0.2, 0.25) is 5.91 Å². The summed E-state index contributed by atoms with van der Waals surface area (Å²) in [5, 5.41) is 6.85. The molecular weight excluding hydrogens is 509 g/mol. The van der Waals surface area contributed by atoms with Crippen molar-refractivity contribution in [3.05, 3.63) is 0 Å². The Kier molecular flexibility index (Phi) is 11.3. The van der Waals surface area contributed by atoms with Crippen LogP contribution in [-0.2, 0) is 14.3 Å². The number of guanidine groups is 1. The van der Waals surface area contributed by atoms with Crippen molar-refractivity contribution in [1.82, 2.24) is 20.4 Å². The molecule has 1 saturated carbocycles. The third-order valence-electron chi connectivity index (χ3n) is 6.56. The van der Waals surface area contributed by atoms with Crippen molar-refractivity contribution in [2.75, 3.05) is 53.4 Å². The number of halogens is 1. The van der Waals surface area contributed by atoms with Gasteiger partial charge in [-0.1, -0.05) is 19.8 Å². The molecule has 1 amide bonds. The molecule has 2 N–H and O–H groups in total. The second-order valence-electron chi connectivity index (χ2n) is 9.02. The van der Waals surface area contributed by atoms with Crippen molar-refractivity contribution >= 4 is 35.8 Å². The van der Waals surface area contributed by atoms with Gasteiger partial charge in [-0.25, -0.2) is 4.99 Å². The lowest BCUT2D eigenvalue weighted by Crippen LogP contribution is -2.47. The van der Waals surface area contributed by atoms with Crippen LogP contribution in [-0.4, -0.2) is 93.0 Å². The van der Waals surface area contributed by atoms with Crippen molar-refractivity contribution in [3.63, 3.8) is 0 Å². The van der Waals surface area contributed by atoms with E-state index in [1.807, 2.05) is 0 Å². The summed E-state index contributed by atoms with van der Waals surface area (Å²) < 4.78 is 12.5. The molecular formula is C22H42IN5O3. The minimum absolute atomic E-state index is 0. The van der Waals surface area contributed by atoms with Gasteiger partial charge in [0, 0.05) is 46.1 Å². The maximum absolute atomic E-state index is 12.0. The van der Waals surface area contributed by atoms with Crippen LogP contribution in [0.5, 0.6) is 0 Å². The zero-order valence-corrected chi connectivity index (χ0v) is 21.9. The smallest absolute Gasteiger partial charge is 0.243 e. The highest BCUT2D eigenvalue weighted by atomic mass is 127. The van der Waals surface area contributed by atoms with Crippen LogP contribution in [0.25, 0.3) is 0 Å². The van der Waals surface area contributed by atoms with Gasteiger partial charge in [0.1, 0.15) is 12.6 Å². The fourth-order valence-corrected chi connectivity index (χ4v) is 4.68. The summed E-state index contributed by atoms with van der Waals surface area (Å²) in [6, 6.07) is 0.520. The van der Waals surface area contributed by atoms with Crippen molar-refractivity contribution in [2.45, 2.75) is 76.2 Å². The summed E-state index contributed by atoms with van der Waals surface area (Å²) in [5.41, 5.74) is 0. The molecule has 2 saturated heterocycles. The van der Waals surface area contributed by atoms with Crippen LogP contribution < -0.4 is 10.6 Å². The second kappa shape index (κ2) is 13.2. The third-order valence-corrected chi connectivity index (χ3v) is 6.56. The minimum atomic E-state index is -0.375. The first-order chi connectivity index (χ1) is 14.5. The molecule has 0 radical (unpaired) electrons. The highest BCUT2D eigenvalue weighted by Crippen LogP contribution is 2.36. The Balaban J connectivity index is 0.00000341. The summed E-state index contributed by atoms with van der Waals surface area (Å²) in [6.45, 7) is 6.66. The molecule has 0 bridgehead atoms. The fourth-order valence-electron chi connectivity index (χ4n) is 4.68. The minimum Gasteiger partial charge on any atom is -0.355 e. The lowest BCUT2D eigenvalue weighted by molar-refractivity contribution is -0.175. The number of likely N-dealkylation sites (tertiary alicyclic amines) is 1. The van der Waals surface area contributed by atoms with Gasteiger partial charge in [-0.15, -0.1) is 24.0 Å². The van der Waals surface area contributed by atoms with E-state index in [1.54, 1.807) is 19.0 Å². The molecule has 180 valence electrons. The third kappa shape index (κ3) is 8.01. The van der Waals surface area contributed by atoms with Crippen LogP contribution in [0.4, 0.5) is 0 Å². The van der Waals surface area contributed by atoms with Gasteiger partial charge in [-0.2, -0.15) is 0 Å². The SMILES string of the molecule is CCN1CCCC1CNC(=NCC(=O)N(C)C)NCC1COC2(CCCCCC2)O1.I. The second-order valence-corrected chi connectivity index (χ2v) is 9.02. The summed E-state index contributed by atoms with van der Waals surface area (Å²) in [6.07, 6.45) is 9.34. The maximum Gasteiger partial charge on any atom is 0.243 e. The monoisotopic (exact) mass is 551 g/mol. The summed E-state index contributed by atoms with van der Waals surface area (Å²) in [7, 11) is 3.51. The molecule has 2 atom stereocenters. The van der Waals surface area contributed by atoms with Crippen molar-refractivity contribution in [1.29, 1.82) is 0 Å². The van der Waals surface area contributed by atoms with Gasteiger partial charge in [0.15, 0.2) is 11.7 Å².